The topological polar surface area (TPSA) is 55.6 Å². The minimum absolute atomic E-state index is 0.0140. The van der Waals surface area contributed by atoms with E-state index in [0.717, 1.165) is 0 Å². The molecule has 2 N–H and O–H groups in total. The standard InChI is InChI=1S/C10H22N2O2/c1-5-9(11)10(13)12(4)6-7-14-8(2)3/h8-9H,5-7,11H2,1-4H3. The molecule has 1 unspecified atom stereocenters. The fourth-order valence-corrected chi connectivity index (χ4v) is 0.993. The molecule has 4 nitrogen and oxygen atoms in total. The van der Waals surface area contributed by atoms with Crippen LogP contribution < -0.4 is 5.73 Å². The third-order valence-electron chi connectivity index (χ3n) is 2.01. The molecular formula is C10H22N2O2. The van der Waals surface area contributed by atoms with Crippen molar-refractivity contribution in [1.29, 1.82) is 0 Å². The number of nitrogens with zero attached hydrogens (tertiary/aromatic N) is 1. The average Bonchev–Trinajstić information content (AvgIpc) is 2.14. The lowest BCUT2D eigenvalue weighted by molar-refractivity contribution is -0.132. The number of rotatable bonds is 6. The van der Waals surface area contributed by atoms with Crippen LogP contribution in [-0.2, 0) is 9.53 Å². The van der Waals surface area contributed by atoms with Crippen LogP contribution in [0.15, 0.2) is 0 Å². The lowest BCUT2D eigenvalue weighted by atomic mass is 10.2. The molecule has 14 heavy (non-hydrogen) atoms. The number of hydrogen-bond donors (Lipinski definition) is 1. The van der Waals surface area contributed by atoms with Crippen LogP contribution in [0.1, 0.15) is 27.2 Å². The zero-order valence-electron chi connectivity index (χ0n) is 9.62. The number of nitrogens with two attached hydrogens (primary N) is 1. The predicted molar refractivity (Wildman–Crippen MR) is 57.0 cm³/mol. The summed E-state index contributed by atoms with van der Waals surface area (Å²) in [6.45, 7) is 7.02. The van der Waals surface area contributed by atoms with Crippen LogP contribution in [0.25, 0.3) is 0 Å². The van der Waals surface area contributed by atoms with Gasteiger partial charge in [-0.05, 0) is 20.3 Å². The second-order valence-corrected chi connectivity index (χ2v) is 3.69. The van der Waals surface area contributed by atoms with Gasteiger partial charge < -0.3 is 15.4 Å². The van der Waals surface area contributed by atoms with Crippen molar-refractivity contribution in [1.82, 2.24) is 4.90 Å². The summed E-state index contributed by atoms with van der Waals surface area (Å²) in [5, 5.41) is 0. The van der Waals surface area contributed by atoms with Gasteiger partial charge in [0.1, 0.15) is 0 Å². The van der Waals surface area contributed by atoms with Crippen LogP contribution in [0.5, 0.6) is 0 Å². The van der Waals surface area contributed by atoms with Gasteiger partial charge in [0.25, 0.3) is 0 Å². The maximum Gasteiger partial charge on any atom is 0.239 e. The van der Waals surface area contributed by atoms with E-state index < -0.39 is 0 Å². The Hall–Kier alpha value is -0.610. The summed E-state index contributed by atoms with van der Waals surface area (Å²) in [7, 11) is 1.75. The molecule has 0 fully saturated rings. The van der Waals surface area contributed by atoms with Gasteiger partial charge in [0.15, 0.2) is 0 Å². The quantitative estimate of drug-likeness (QED) is 0.686. The maximum atomic E-state index is 11.5. The molecule has 0 saturated carbocycles. The molecule has 0 aliphatic rings. The monoisotopic (exact) mass is 202 g/mol. The molecule has 0 saturated heterocycles. The molecule has 4 heteroatoms. The summed E-state index contributed by atoms with van der Waals surface area (Å²) in [5.74, 6) is -0.0140. The lowest BCUT2D eigenvalue weighted by Gasteiger charge is -2.21. The van der Waals surface area contributed by atoms with Crippen molar-refractivity contribution < 1.29 is 9.53 Å². The van der Waals surface area contributed by atoms with Gasteiger partial charge in [0.05, 0.1) is 18.8 Å². The number of carbonyl (C=O) groups excluding carboxylic acids is 1. The summed E-state index contributed by atoms with van der Waals surface area (Å²) in [6, 6.07) is -0.376. The van der Waals surface area contributed by atoms with E-state index in [1.807, 2.05) is 20.8 Å². The second-order valence-electron chi connectivity index (χ2n) is 3.69. The first-order valence-corrected chi connectivity index (χ1v) is 5.11. The first-order chi connectivity index (χ1) is 6.49. The first-order valence-electron chi connectivity index (χ1n) is 5.11. The number of amides is 1. The van der Waals surface area contributed by atoms with Gasteiger partial charge in [0.2, 0.25) is 5.91 Å². The molecule has 84 valence electrons. The van der Waals surface area contributed by atoms with Crippen LogP contribution in [0.2, 0.25) is 0 Å². The van der Waals surface area contributed by atoms with E-state index in [-0.39, 0.29) is 18.1 Å². The summed E-state index contributed by atoms with van der Waals surface area (Å²) < 4.78 is 5.34. The summed E-state index contributed by atoms with van der Waals surface area (Å²) in [5.41, 5.74) is 5.62. The highest BCUT2D eigenvalue weighted by atomic mass is 16.5. The van der Waals surface area contributed by atoms with E-state index in [2.05, 4.69) is 0 Å². The summed E-state index contributed by atoms with van der Waals surface area (Å²) >= 11 is 0. The van der Waals surface area contributed by atoms with E-state index in [4.69, 9.17) is 10.5 Å². The highest BCUT2D eigenvalue weighted by Gasteiger charge is 2.15. The van der Waals surface area contributed by atoms with Crippen LogP contribution in [0.3, 0.4) is 0 Å². The Kier molecular flexibility index (Phi) is 6.49. The van der Waals surface area contributed by atoms with Gasteiger partial charge in [-0.15, -0.1) is 0 Å². The Labute approximate surface area is 86.4 Å². The molecule has 0 rings (SSSR count). The fraction of sp³-hybridized carbons (Fsp3) is 0.900. The van der Waals surface area contributed by atoms with E-state index in [0.29, 0.717) is 19.6 Å². The first kappa shape index (κ1) is 13.4. The van der Waals surface area contributed by atoms with Crippen LogP contribution in [0.4, 0.5) is 0 Å². The zero-order valence-corrected chi connectivity index (χ0v) is 9.62. The molecule has 0 spiro atoms. The van der Waals surface area contributed by atoms with Gasteiger partial charge in [0, 0.05) is 13.6 Å². The molecule has 1 amide bonds. The van der Waals surface area contributed by atoms with Gasteiger partial charge in [-0.1, -0.05) is 6.92 Å². The molecule has 0 aromatic rings. The molecule has 0 bridgehead atoms. The molecule has 1 atom stereocenters. The molecule has 0 aromatic heterocycles. The van der Waals surface area contributed by atoms with E-state index >= 15 is 0 Å². The minimum Gasteiger partial charge on any atom is -0.377 e. The lowest BCUT2D eigenvalue weighted by Crippen LogP contribution is -2.42. The Morgan fingerprint density at radius 3 is 2.50 bits per heavy atom. The molecule has 0 aliphatic heterocycles. The third kappa shape index (κ3) is 5.19. The normalized spacial score (nSPS) is 13.0. The Morgan fingerprint density at radius 2 is 2.07 bits per heavy atom. The predicted octanol–water partition coefficient (Wildman–Crippen LogP) is 0.607. The van der Waals surface area contributed by atoms with Crippen molar-refractivity contribution >= 4 is 5.91 Å². The van der Waals surface area contributed by atoms with Crippen molar-refractivity contribution in [2.24, 2.45) is 5.73 Å². The van der Waals surface area contributed by atoms with E-state index in [1.54, 1.807) is 11.9 Å². The highest BCUT2D eigenvalue weighted by Crippen LogP contribution is 1.95. The largest absolute Gasteiger partial charge is 0.377 e. The highest BCUT2D eigenvalue weighted by molar-refractivity contribution is 5.81. The Morgan fingerprint density at radius 1 is 1.50 bits per heavy atom. The maximum absolute atomic E-state index is 11.5. The van der Waals surface area contributed by atoms with Gasteiger partial charge in [-0.3, -0.25) is 4.79 Å². The Bertz CT molecular complexity index is 172. The van der Waals surface area contributed by atoms with Crippen molar-refractivity contribution in [3.8, 4) is 0 Å². The SMILES string of the molecule is CCC(N)C(=O)N(C)CCOC(C)C. The molecule has 0 heterocycles. The van der Waals surface area contributed by atoms with Crippen molar-refractivity contribution in [2.75, 3.05) is 20.2 Å². The molecule has 0 aliphatic carbocycles. The third-order valence-corrected chi connectivity index (χ3v) is 2.01. The van der Waals surface area contributed by atoms with Crippen molar-refractivity contribution in [3.05, 3.63) is 0 Å². The number of ether oxygens (including phenoxy) is 1. The number of hydrogen-bond acceptors (Lipinski definition) is 3. The zero-order chi connectivity index (χ0) is 11.1. The van der Waals surface area contributed by atoms with Crippen LogP contribution >= 0.6 is 0 Å². The molecule has 0 aromatic carbocycles. The second kappa shape index (κ2) is 6.79. The van der Waals surface area contributed by atoms with Crippen LogP contribution in [-0.4, -0.2) is 43.2 Å². The van der Waals surface area contributed by atoms with Gasteiger partial charge in [-0.2, -0.15) is 0 Å². The Balaban J connectivity index is 3.73. The van der Waals surface area contributed by atoms with E-state index in [9.17, 15) is 4.79 Å². The van der Waals surface area contributed by atoms with Crippen LogP contribution in [0, 0.1) is 0 Å². The minimum atomic E-state index is -0.376. The summed E-state index contributed by atoms with van der Waals surface area (Å²) in [4.78, 5) is 13.1. The fourth-order valence-electron chi connectivity index (χ4n) is 0.993. The van der Waals surface area contributed by atoms with Crippen molar-refractivity contribution in [2.45, 2.75) is 39.3 Å². The summed E-state index contributed by atoms with van der Waals surface area (Å²) in [6.07, 6.45) is 0.882. The average molecular weight is 202 g/mol. The van der Waals surface area contributed by atoms with Gasteiger partial charge >= 0.3 is 0 Å². The van der Waals surface area contributed by atoms with Crippen molar-refractivity contribution in [3.63, 3.8) is 0 Å². The van der Waals surface area contributed by atoms with E-state index in [1.165, 1.54) is 0 Å². The number of likely N-dealkylation sites (N-methyl/N-ethyl adjacent to an activating group) is 1. The molecule has 0 radical (unpaired) electrons. The smallest absolute Gasteiger partial charge is 0.239 e. The number of carbonyl (C=O) groups is 1. The molecular weight excluding hydrogens is 180 g/mol. The van der Waals surface area contributed by atoms with Gasteiger partial charge in [-0.25, -0.2) is 0 Å².